The summed E-state index contributed by atoms with van der Waals surface area (Å²) in [5.74, 6) is -1.39. The van der Waals surface area contributed by atoms with Gasteiger partial charge in [-0.05, 0) is 30.2 Å². The van der Waals surface area contributed by atoms with Crippen molar-refractivity contribution < 1.29 is 19.4 Å². The maximum Gasteiger partial charge on any atom is 0.308 e. The van der Waals surface area contributed by atoms with Crippen LogP contribution in [0.3, 0.4) is 0 Å². The number of hydrogen-bond acceptors (Lipinski definition) is 4. The van der Waals surface area contributed by atoms with E-state index >= 15 is 0 Å². The molecule has 1 saturated heterocycles. The second-order valence-corrected chi connectivity index (χ2v) is 6.39. The first kappa shape index (κ1) is 17.9. The van der Waals surface area contributed by atoms with E-state index in [0.29, 0.717) is 17.9 Å². The van der Waals surface area contributed by atoms with E-state index in [2.05, 4.69) is 4.98 Å². The number of ether oxygens (including phenoxy) is 1. The normalized spacial score (nSPS) is 19.4. The first-order chi connectivity index (χ1) is 12.5. The number of hydrogen-bond donors (Lipinski definition) is 1. The van der Waals surface area contributed by atoms with Crippen molar-refractivity contribution in [2.75, 3.05) is 20.2 Å². The summed E-state index contributed by atoms with van der Waals surface area (Å²) in [6, 6.07) is 10.8. The lowest BCUT2D eigenvalue weighted by Gasteiger charge is -2.18. The molecule has 3 rings (SSSR count). The number of rotatable bonds is 5. The number of carboxylic acid groups (broad SMARTS) is 1. The Morgan fingerprint density at radius 3 is 2.73 bits per heavy atom. The van der Waals surface area contributed by atoms with Gasteiger partial charge < -0.3 is 14.7 Å². The smallest absolute Gasteiger partial charge is 0.308 e. The first-order valence-corrected chi connectivity index (χ1v) is 8.65. The molecule has 26 heavy (non-hydrogen) atoms. The number of amides is 1. The number of pyridine rings is 1. The van der Waals surface area contributed by atoms with Crippen LogP contribution in [0.2, 0.25) is 0 Å². The molecule has 2 aromatic rings. The van der Waals surface area contributed by atoms with Crippen LogP contribution in [-0.4, -0.2) is 47.1 Å². The fourth-order valence-electron chi connectivity index (χ4n) is 3.49. The predicted molar refractivity (Wildman–Crippen MR) is 96.4 cm³/mol. The van der Waals surface area contributed by atoms with E-state index in [-0.39, 0.29) is 18.4 Å². The van der Waals surface area contributed by atoms with Crippen LogP contribution in [0.15, 0.2) is 42.6 Å². The molecule has 6 nitrogen and oxygen atoms in total. The van der Waals surface area contributed by atoms with Crippen LogP contribution >= 0.6 is 0 Å². The van der Waals surface area contributed by atoms with Crippen LogP contribution in [0.4, 0.5) is 0 Å². The van der Waals surface area contributed by atoms with Gasteiger partial charge in [-0.2, -0.15) is 0 Å². The number of aromatic nitrogens is 1. The summed E-state index contributed by atoms with van der Waals surface area (Å²) in [6.07, 6.45) is 2.36. The molecule has 2 heterocycles. The number of benzene rings is 1. The predicted octanol–water partition coefficient (Wildman–Crippen LogP) is 2.59. The highest BCUT2D eigenvalue weighted by atomic mass is 16.5. The third-order valence-corrected chi connectivity index (χ3v) is 4.89. The Morgan fingerprint density at radius 1 is 1.27 bits per heavy atom. The molecular weight excluding hydrogens is 332 g/mol. The van der Waals surface area contributed by atoms with Gasteiger partial charge in [0.15, 0.2) is 0 Å². The van der Waals surface area contributed by atoms with Crippen LogP contribution in [0, 0.1) is 5.92 Å². The van der Waals surface area contributed by atoms with Gasteiger partial charge in [-0.25, -0.2) is 0 Å². The number of carbonyl (C=O) groups excluding carboxylic acids is 1. The van der Waals surface area contributed by atoms with Crippen LogP contribution in [0.5, 0.6) is 5.75 Å². The summed E-state index contributed by atoms with van der Waals surface area (Å²) in [5, 5.41) is 9.67. The van der Waals surface area contributed by atoms with Gasteiger partial charge in [0.05, 0.1) is 13.0 Å². The lowest BCUT2D eigenvalue weighted by molar-refractivity contribution is -0.141. The van der Waals surface area contributed by atoms with Crippen LogP contribution in [0.25, 0.3) is 0 Å². The molecule has 2 atom stereocenters. The average Bonchev–Trinajstić information content (AvgIpc) is 3.13. The second kappa shape index (κ2) is 7.56. The molecule has 1 amide bonds. The van der Waals surface area contributed by atoms with Crippen LogP contribution in [-0.2, 0) is 11.2 Å². The largest absolute Gasteiger partial charge is 0.496 e. The summed E-state index contributed by atoms with van der Waals surface area (Å²) in [4.78, 5) is 30.5. The van der Waals surface area contributed by atoms with Crippen LogP contribution in [0.1, 0.15) is 34.5 Å². The number of para-hydroxylation sites is 1. The Hall–Kier alpha value is -2.89. The van der Waals surface area contributed by atoms with Crippen molar-refractivity contribution >= 4 is 11.9 Å². The summed E-state index contributed by atoms with van der Waals surface area (Å²) >= 11 is 0. The first-order valence-electron chi connectivity index (χ1n) is 8.65. The number of aryl methyl sites for hydroxylation is 1. The van der Waals surface area contributed by atoms with Gasteiger partial charge in [0, 0.05) is 36.5 Å². The highest BCUT2D eigenvalue weighted by Crippen LogP contribution is 2.38. The van der Waals surface area contributed by atoms with Crippen molar-refractivity contribution in [3.63, 3.8) is 0 Å². The molecule has 1 aliphatic rings. The Kier molecular flexibility index (Phi) is 5.21. The average molecular weight is 354 g/mol. The Labute approximate surface area is 152 Å². The molecule has 0 aliphatic carbocycles. The highest BCUT2D eigenvalue weighted by Gasteiger charge is 2.41. The van der Waals surface area contributed by atoms with Gasteiger partial charge in [0.25, 0.3) is 5.91 Å². The summed E-state index contributed by atoms with van der Waals surface area (Å²) < 4.78 is 5.39. The SMILES string of the molecule is CCc1cc(C(=O)N2C[C@@H](C(=O)O)[C@H](c3ccccc3OC)C2)ccn1. The third-order valence-electron chi connectivity index (χ3n) is 4.89. The van der Waals surface area contributed by atoms with Crippen molar-refractivity contribution in [2.24, 2.45) is 5.92 Å². The van der Waals surface area contributed by atoms with Crippen molar-refractivity contribution in [1.82, 2.24) is 9.88 Å². The third kappa shape index (κ3) is 3.40. The topological polar surface area (TPSA) is 79.7 Å². The minimum absolute atomic E-state index is 0.161. The molecule has 1 aromatic heterocycles. The van der Waals surface area contributed by atoms with Crippen molar-refractivity contribution in [3.05, 3.63) is 59.4 Å². The molecular formula is C20H22N2O4. The summed E-state index contributed by atoms with van der Waals surface area (Å²) in [7, 11) is 1.57. The van der Waals surface area contributed by atoms with Crippen molar-refractivity contribution in [1.29, 1.82) is 0 Å². The standard InChI is InChI=1S/C20H22N2O4/c1-3-14-10-13(8-9-21-14)19(23)22-11-16(17(12-22)20(24)25)15-6-4-5-7-18(15)26-2/h4-10,16-17H,3,11-12H2,1-2H3,(H,24,25)/t16-,17+/m0/s1. The number of nitrogens with zero attached hydrogens (tertiary/aromatic N) is 2. The van der Waals surface area contributed by atoms with Crippen molar-refractivity contribution in [2.45, 2.75) is 19.3 Å². The molecule has 0 radical (unpaired) electrons. The monoisotopic (exact) mass is 354 g/mol. The summed E-state index contributed by atoms with van der Waals surface area (Å²) in [6.45, 7) is 2.51. The highest BCUT2D eigenvalue weighted by molar-refractivity contribution is 5.95. The molecule has 136 valence electrons. The summed E-state index contributed by atoms with van der Waals surface area (Å²) in [5.41, 5.74) is 2.20. The van der Waals surface area contributed by atoms with Gasteiger partial charge >= 0.3 is 5.97 Å². The van der Waals surface area contributed by atoms with Crippen molar-refractivity contribution in [3.8, 4) is 5.75 Å². The number of methoxy groups -OCH3 is 1. The number of carbonyl (C=O) groups is 2. The Morgan fingerprint density at radius 2 is 2.04 bits per heavy atom. The lowest BCUT2D eigenvalue weighted by atomic mass is 9.88. The van der Waals surface area contributed by atoms with Gasteiger partial charge in [-0.15, -0.1) is 0 Å². The molecule has 1 fully saturated rings. The molecule has 1 aromatic carbocycles. The Balaban J connectivity index is 1.89. The zero-order chi connectivity index (χ0) is 18.7. The van der Waals surface area contributed by atoms with E-state index in [1.165, 1.54) is 0 Å². The Bertz CT molecular complexity index is 821. The zero-order valence-electron chi connectivity index (χ0n) is 14.9. The molecule has 1 aliphatic heterocycles. The molecule has 0 unspecified atom stereocenters. The fourth-order valence-corrected chi connectivity index (χ4v) is 3.49. The zero-order valence-corrected chi connectivity index (χ0v) is 14.9. The maximum absolute atomic E-state index is 12.9. The quantitative estimate of drug-likeness (QED) is 0.893. The van der Waals surface area contributed by atoms with Crippen LogP contribution < -0.4 is 4.74 Å². The minimum Gasteiger partial charge on any atom is -0.496 e. The van der Waals surface area contributed by atoms with Gasteiger partial charge in [0.2, 0.25) is 0 Å². The fraction of sp³-hybridized carbons (Fsp3) is 0.350. The van der Waals surface area contributed by atoms with E-state index in [0.717, 1.165) is 17.7 Å². The van der Waals surface area contributed by atoms with E-state index in [1.54, 1.807) is 30.3 Å². The number of aliphatic carboxylic acids is 1. The number of carboxylic acids is 1. The molecule has 0 spiro atoms. The van der Waals surface area contributed by atoms with E-state index in [4.69, 9.17) is 4.74 Å². The van der Waals surface area contributed by atoms with E-state index in [9.17, 15) is 14.7 Å². The minimum atomic E-state index is -0.903. The van der Waals surface area contributed by atoms with Gasteiger partial charge in [0.1, 0.15) is 5.75 Å². The molecule has 1 N–H and O–H groups in total. The molecule has 0 bridgehead atoms. The van der Waals surface area contributed by atoms with E-state index in [1.807, 2.05) is 31.2 Å². The van der Waals surface area contributed by atoms with Gasteiger partial charge in [-0.1, -0.05) is 25.1 Å². The van der Waals surface area contributed by atoms with E-state index < -0.39 is 11.9 Å². The van der Waals surface area contributed by atoms with Gasteiger partial charge in [-0.3, -0.25) is 14.6 Å². The second-order valence-electron chi connectivity index (χ2n) is 6.39. The lowest BCUT2D eigenvalue weighted by Crippen LogP contribution is -2.30. The maximum atomic E-state index is 12.9. The number of likely N-dealkylation sites (tertiary alicyclic amines) is 1. The molecule has 0 saturated carbocycles. The molecule has 6 heteroatoms.